The van der Waals surface area contributed by atoms with Crippen molar-refractivity contribution in [1.82, 2.24) is 16.0 Å². The zero-order valence-corrected chi connectivity index (χ0v) is 23.5. The fourth-order valence-electron chi connectivity index (χ4n) is 4.33. The van der Waals surface area contributed by atoms with Crippen molar-refractivity contribution >= 4 is 23.7 Å². The molecule has 4 atom stereocenters. The number of phenols is 1. The van der Waals surface area contributed by atoms with E-state index in [2.05, 4.69) is 16.0 Å². The van der Waals surface area contributed by atoms with Crippen LogP contribution in [-0.4, -0.2) is 59.1 Å². The van der Waals surface area contributed by atoms with E-state index in [1.165, 1.54) is 19.1 Å². The Hall–Kier alpha value is -4.70. The van der Waals surface area contributed by atoms with Gasteiger partial charge in [-0.15, -0.1) is 0 Å². The van der Waals surface area contributed by atoms with Crippen LogP contribution in [0.25, 0.3) is 0 Å². The Morgan fingerprint density at radius 1 is 0.786 bits per heavy atom. The smallest absolute Gasteiger partial charge is 0.408 e. The van der Waals surface area contributed by atoms with Crippen LogP contribution in [0.5, 0.6) is 5.75 Å². The van der Waals surface area contributed by atoms with E-state index in [-0.39, 0.29) is 37.6 Å². The molecule has 0 saturated carbocycles. The number of aromatic hydroxyl groups is 1. The van der Waals surface area contributed by atoms with Gasteiger partial charge < -0.3 is 30.5 Å². The number of hydrogen-bond acceptors (Lipinski definition) is 7. The highest BCUT2D eigenvalue weighted by Crippen LogP contribution is 2.29. The lowest BCUT2D eigenvalue weighted by Gasteiger charge is -2.25. The fraction of sp³-hybridized carbons (Fsp3) is 0.312. The summed E-state index contributed by atoms with van der Waals surface area (Å²) in [5.74, 6) is -1.36. The second kappa shape index (κ2) is 13.8. The Bertz CT molecular complexity index is 1380. The minimum absolute atomic E-state index is 0.0408. The van der Waals surface area contributed by atoms with E-state index in [4.69, 9.17) is 9.47 Å². The van der Waals surface area contributed by atoms with Gasteiger partial charge >= 0.3 is 6.09 Å². The van der Waals surface area contributed by atoms with E-state index in [0.29, 0.717) is 0 Å². The predicted molar refractivity (Wildman–Crippen MR) is 154 cm³/mol. The lowest BCUT2D eigenvalue weighted by atomic mass is 9.94. The zero-order valence-electron chi connectivity index (χ0n) is 23.5. The monoisotopic (exact) mass is 573 g/mol. The number of nitrogens with one attached hydrogen (secondary N) is 3. The number of alkyl carbamates (subject to hydrolysis) is 1. The van der Waals surface area contributed by atoms with Gasteiger partial charge in [-0.05, 0) is 49.1 Å². The van der Waals surface area contributed by atoms with Gasteiger partial charge in [-0.1, -0.05) is 72.8 Å². The molecule has 4 N–H and O–H groups in total. The summed E-state index contributed by atoms with van der Waals surface area (Å²) < 4.78 is 10.6. The molecular formula is C32H35N3O7. The van der Waals surface area contributed by atoms with Crippen LogP contribution in [0.1, 0.15) is 30.5 Å². The van der Waals surface area contributed by atoms with E-state index in [1.807, 2.05) is 60.7 Å². The number of phenolic OH excluding ortho intramolecular Hbond substituents is 1. The highest BCUT2D eigenvalue weighted by molar-refractivity contribution is 5.98. The Kier molecular flexibility index (Phi) is 9.93. The molecule has 0 spiro atoms. The molecule has 1 heterocycles. The minimum Gasteiger partial charge on any atom is -0.508 e. The van der Waals surface area contributed by atoms with Crippen molar-refractivity contribution in [3.05, 3.63) is 102 Å². The molecule has 220 valence electrons. The molecule has 0 aromatic heterocycles. The fourth-order valence-corrected chi connectivity index (χ4v) is 4.33. The van der Waals surface area contributed by atoms with Gasteiger partial charge in [0.05, 0.1) is 12.6 Å². The molecule has 3 amide bonds. The standard InChI is InChI=1S/C32H35N3O7/c1-21(33-31(40)41-19-24-11-7-4-8-12-24)29(38)35-27(18-22-9-5-3-6-10-22)30(39)34-26(28(37)32(2)20-42-32)17-23-13-15-25(36)16-14-23/h3-16,21,26-27,36H,17-20H2,1-2H3,(H,33,40)(H,34,39)(H,35,38)/t21-,26+,27+,32+/m1/s1. The normalized spacial score (nSPS) is 17.7. The van der Waals surface area contributed by atoms with Crippen LogP contribution in [0.2, 0.25) is 0 Å². The van der Waals surface area contributed by atoms with Crippen LogP contribution in [-0.2, 0) is 43.3 Å². The quantitative estimate of drug-likeness (QED) is 0.230. The molecule has 1 saturated heterocycles. The first-order valence-electron chi connectivity index (χ1n) is 13.7. The van der Waals surface area contributed by atoms with Gasteiger partial charge in [0.25, 0.3) is 0 Å². The molecule has 0 aliphatic carbocycles. The first kappa shape index (κ1) is 30.3. The number of ketones is 1. The molecular weight excluding hydrogens is 538 g/mol. The maximum absolute atomic E-state index is 13.6. The van der Waals surface area contributed by atoms with Gasteiger partial charge in [-0.25, -0.2) is 4.79 Å². The molecule has 10 nitrogen and oxygen atoms in total. The van der Waals surface area contributed by atoms with Crippen LogP contribution in [0.3, 0.4) is 0 Å². The molecule has 1 fully saturated rings. The number of carbonyl (C=O) groups is 4. The largest absolute Gasteiger partial charge is 0.508 e. The number of ether oxygens (including phenoxy) is 2. The van der Waals surface area contributed by atoms with Crippen molar-refractivity contribution in [2.75, 3.05) is 6.61 Å². The summed E-state index contributed by atoms with van der Waals surface area (Å²) in [4.78, 5) is 52.3. The molecule has 3 aromatic rings. The average Bonchev–Trinajstić information content (AvgIpc) is 3.75. The highest BCUT2D eigenvalue weighted by atomic mass is 16.6. The molecule has 4 rings (SSSR count). The van der Waals surface area contributed by atoms with Crippen LogP contribution in [0.4, 0.5) is 4.79 Å². The van der Waals surface area contributed by atoms with Crippen molar-refractivity contribution in [3.8, 4) is 5.75 Å². The second-order valence-electron chi connectivity index (χ2n) is 10.5. The Labute approximate surface area is 244 Å². The number of benzene rings is 3. The topological polar surface area (TPSA) is 146 Å². The van der Waals surface area contributed by atoms with Gasteiger partial charge in [-0.3, -0.25) is 14.4 Å². The van der Waals surface area contributed by atoms with E-state index in [0.717, 1.165) is 16.7 Å². The maximum Gasteiger partial charge on any atom is 0.408 e. The Morgan fingerprint density at radius 3 is 1.90 bits per heavy atom. The molecule has 3 aromatic carbocycles. The highest BCUT2D eigenvalue weighted by Gasteiger charge is 2.50. The number of epoxide rings is 1. The summed E-state index contributed by atoms with van der Waals surface area (Å²) >= 11 is 0. The van der Waals surface area contributed by atoms with Crippen molar-refractivity contribution in [1.29, 1.82) is 0 Å². The van der Waals surface area contributed by atoms with E-state index in [9.17, 15) is 24.3 Å². The molecule has 0 bridgehead atoms. The summed E-state index contributed by atoms with van der Waals surface area (Å²) in [6.07, 6.45) is -0.457. The van der Waals surface area contributed by atoms with E-state index in [1.54, 1.807) is 19.1 Å². The van der Waals surface area contributed by atoms with Gasteiger partial charge in [0.1, 0.15) is 30.0 Å². The molecule has 10 heteroatoms. The number of hydrogen-bond donors (Lipinski definition) is 4. The molecule has 0 radical (unpaired) electrons. The first-order valence-corrected chi connectivity index (χ1v) is 13.7. The minimum atomic E-state index is -1.05. The van der Waals surface area contributed by atoms with Gasteiger partial charge in [-0.2, -0.15) is 0 Å². The third kappa shape index (κ3) is 8.65. The third-order valence-corrected chi connectivity index (χ3v) is 6.96. The lowest BCUT2D eigenvalue weighted by Crippen LogP contribution is -2.57. The summed E-state index contributed by atoms with van der Waals surface area (Å²) in [7, 11) is 0. The summed E-state index contributed by atoms with van der Waals surface area (Å²) in [6.45, 7) is 3.44. The summed E-state index contributed by atoms with van der Waals surface area (Å²) in [5.41, 5.74) is 1.32. The van der Waals surface area contributed by atoms with Gasteiger partial charge in [0.15, 0.2) is 5.78 Å². The second-order valence-corrected chi connectivity index (χ2v) is 10.5. The van der Waals surface area contributed by atoms with E-state index >= 15 is 0 Å². The average molecular weight is 574 g/mol. The molecule has 1 aliphatic heterocycles. The summed E-state index contributed by atoms with van der Waals surface area (Å²) in [5, 5.41) is 17.6. The number of amides is 3. The maximum atomic E-state index is 13.6. The molecule has 1 aliphatic rings. The SMILES string of the molecule is C[C@@H](NC(=O)OCc1ccccc1)C(=O)N[C@@H](Cc1ccccc1)C(=O)N[C@@H](Cc1ccc(O)cc1)C(=O)[C@]1(C)CO1. The van der Waals surface area contributed by atoms with Crippen molar-refractivity contribution < 1.29 is 33.8 Å². The van der Waals surface area contributed by atoms with E-state index < -0.39 is 41.6 Å². The van der Waals surface area contributed by atoms with Crippen LogP contribution < -0.4 is 16.0 Å². The third-order valence-electron chi connectivity index (χ3n) is 6.96. The molecule has 0 unspecified atom stereocenters. The number of carbonyl (C=O) groups excluding carboxylic acids is 4. The van der Waals surface area contributed by atoms with Crippen LogP contribution in [0, 0.1) is 0 Å². The Morgan fingerprint density at radius 2 is 1.31 bits per heavy atom. The zero-order chi connectivity index (χ0) is 30.1. The Balaban J connectivity index is 1.44. The molecule has 42 heavy (non-hydrogen) atoms. The number of rotatable bonds is 13. The van der Waals surface area contributed by atoms with Crippen molar-refractivity contribution in [3.63, 3.8) is 0 Å². The predicted octanol–water partition coefficient (Wildman–Crippen LogP) is 2.82. The first-order chi connectivity index (χ1) is 20.1. The van der Waals surface area contributed by atoms with Crippen molar-refractivity contribution in [2.24, 2.45) is 0 Å². The summed E-state index contributed by atoms with van der Waals surface area (Å²) in [6, 6.07) is 21.6. The van der Waals surface area contributed by atoms with Gasteiger partial charge in [0.2, 0.25) is 11.8 Å². The van der Waals surface area contributed by atoms with Crippen LogP contribution >= 0.6 is 0 Å². The van der Waals surface area contributed by atoms with Crippen LogP contribution in [0.15, 0.2) is 84.9 Å². The number of Topliss-reactive ketones (excluding diaryl/α,β-unsaturated/α-hetero) is 1. The lowest BCUT2D eigenvalue weighted by molar-refractivity contribution is -0.133. The van der Waals surface area contributed by atoms with Gasteiger partial charge in [0, 0.05) is 6.42 Å². The van der Waals surface area contributed by atoms with Crippen molar-refractivity contribution in [2.45, 2.75) is 57.0 Å².